The van der Waals surface area contributed by atoms with Crippen molar-refractivity contribution in [2.45, 2.75) is 18.9 Å². The summed E-state index contributed by atoms with van der Waals surface area (Å²) in [6.45, 7) is 0.670. The number of carbonyl (C=O) groups is 1. The largest absolute Gasteiger partial charge is 0.451 e. The highest BCUT2D eigenvalue weighted by Gasteiger charge is 2.32. The Hall–Kier alpha value is -2.11. The fourth-order valence-electron chi connectivity index (χ4n) is 3.16. The summed E-state index contributed by atoms with van der Waals surface area (Å²) in [7, 11) is 0. The van der Waals surface area contributed by atoms with Gasteiger partial charge in [0.15, 0.2) is 11.2 Å². The van der Waals surface area contributed by atoms with Gasteiger partial charge in [-0.15, -0.1) is 11.3 Å². The molecule has 0 N–H and O–H groups in total. The summed E-state index contributed by atoms with van der Waals surface area (Å²) in [6, 6.07) is 10.2. The average molecular weight is 360 g/mol. The van der Waals surface area contributed by atoms with Crippen LogP contribution in [0.2, 0.25) is 5.02 Å². The molecular formula is C18H14ClNO3S. The maximum atomic E-state index is 12.9. The van der Waals surface area contributed by atoms with Gasteiger partial charge in [-0.25, -0.2) is 0 Å². The third-order valence-electron chi connectivity index (χ3n) is 4.29. The summed E-state index contributed by atoms with van der Waals surface area (Å²) in [6.07, 6.45) is 1.88. The first-order chi connectivity index (χ1) is 11.6. The Bertz CT molecular complexity index is 964. The predicted molar refractivity (Wildman–Crippen MR) is 94.8 cm³/mol. The number of hydrogen-bond acceptors (Lipinski definition) is 4. The molecule has 2 aromatic heterocycles. The first kappa shape index (κ1) is 15.4. The molecule has 24 heavy (non-hydrogen) atoms. The normalized spacial score (nSPS) is 17.5. The number of benzene rings is 1. The Morgan fingerprint density at radius 1 is 1.29 bits per heavy atom. The highest BCUT2D eigenvalue weighted by atomic mass is 35.5. The minimum absolute atomic E-state index is 0.0590. The van der Waals surface area contributed by atoms with Crippen molar-refractivity contribution >= 4 is 39.8 Å². The average Bonchev–Trinajstić information content (AvgIpc) is 3.25. The molecule has 0 spiro atoms. The van der Waals surface area contributed by atoms with E-state index >= 15 is 0 Å². The lowest BCUT2D eigenvalue weighted by atomic mass is 10.1. The van der Waals surface area contributed by atoms with Crippen molar-refractivity contribution in [1.29, 1.82) is 0 Å². The van der Waals surface area contributed by atoms with Gasteiger partial charge in [0, 0.05) is 22.5 Å². The van der Waals surface area contributed by atoms with Gasteiger partial charge < -0.3 is 9.32 Å². The molecule has 0 unspecified atom stereocenters. The van der Waals surface area contributed by atoms with Crippen molar-refractivity contribution in [3.63, 3.8) is 0 Å². The second-order valence-corrected chi connectivity index (χ2v) is 7.20. The smallest absolute Gasteiger partial charge is 0.290 e. The SMILES string of the molecule is O=C(c1cc(=O)c2cc(Cl)ccc2o1)N1CCC[C@H]1c1cccs1. The highest BCUT2D eigenvalue weighted by molar-refractivity contribution is 7.10. The van der Waals surface area contributed by atoms with Crippen LogP contribution in [-0.2, 0) is 0 Å². The van der Waals surface area contributed by atoms with E-state index < -0.39 is 0 Å². The Balaban J connectivity index is 1.73. The molecular weight excluding hydrogens is 346 g/mol. The number of halogens is 1. The number of rotatable bonds is 2. The van der Waals surface area contributed by atoms with Gasteiger partial charge in [0.1, 0.15) is 5.58 Å². The predicted octanol–water partition coefficient (Wildman–Crippen LogP) is 4.49. The molecule has 4 rings (SSSR count). The Morgan fingerprint density at radius 3 is 2.96 bits per heavy atom. The fourth-order valence-corrected chi connectivity index (χ4v) is 4.21. The molecule has 1 saturated heterocycles. The first-order valence-corrected chi connectivity index (χ1v) is 8.97. The Morgan fingerprint density at radius 2 is 2.17 bits per heavy atom. The molecule has 1 amide bonds. The summed E-state index contributed by atoms with van der Waals surface area (Å²) < 4.78 is 5.69. The molecule has 4 nitrogen and oxygen atoms in total. The van der Waals surface area contributed by atoms with E-state index in [1.54, 1.807) is 34.4 Å². The molecule has 1 fully saturated rings. The van der Waals surface area contributed by atoms with Crippen molar-refractivity contribution in [3.05, 3.63) is 67.7 Å². The summed E-state index contributed by atoms with van der Waals surface area (Å²) in [5.41, 5.74) is 0.121. The molecule has 3 aromatic rings. The zero-order chi connectivity index (χ0) is 16.7. The first-order valence-electron chi connectivity index (χ1n) is 7.71. The van der Waals surface area contributed by atoms with Crippen molar-refractivity contribution in [1.82, 2.24) is 4.90 Å². The molecule has 3 heterocycles. The molecule has 1 aliphatic rings. The lowest BCUT2D eigenvalue weighted by Crippen LogP contribution is -2.30. The molecule has 0 aliphatic carbocycles. The van der Waals surface area contributed by atoms with E-state index in [0.29, 0.717) is 22.5 Å². The molecule has 0 radical (unpaired) electrons. The van der Waals surface area contributed by atoms with E-state index in [-0.39, 0.29) is 23.1 Å². The van der Waals surface area contributed by atoms with Gasteiger partial charge in [0.25, 0.3) is 5.91 Å². The molecule has 1 atom stereocenters. The number of nitrogens with zero attached hydrogens (tertiary/aromatic N) is 1. The van der Waals surface area contributed by atoms with Gasteiger partial charge in [-0.2, -0.15) is 0 Å². The van der Waals surface area contributed by atoms with Crippen LogP contribution in [-0.4, -0.2) is 17.4 Å². The van der Waals surface area contributed by atoms with E-state index in [1.165, 1.54) is 6.07 Å². The monoisotopic (exact) mass is 359 g/mol. The van der Waals surface area contributed by atoms with Crippen LogP contribution in [0, 0.1) is 0 Å². The third-order valence-corrected chi connectivity index (χ3v) is 5.49. The topological polar surface area (TPSA) is 50.5 Å². The molecule has 122 valence electrons. The maximum Gasteiger partial charge on any atom is 0.290 e. The summed E-state index contributed by atoms with van der Waals surface area (Å²) in [5.74, 6) is -0.155. The lowest BCUT2D eigenvalue weighted by molar-refractivity contribution is 0.0706. The lowest BCUT2D eigenvalue weighted by Gasteiger charge is -2.23. The number of likely N-dealkylation sites (tertiary alicyclic amines) is 1. The zero-order valence-corrected chi connectivity index (χ0v) is 14.3. The maximum absolute atomic E-state index is 12.9. The zero-order valence-electron chi connectivity index (χ0n) is 12.7. The highest BCUT2D eigenvalue weighted by Crippen LogP contribution is 2.35. The van der Waals surface area contributed by atoms with Crippen LogP contribution in [0.5, 0.6) is 0 Å². The fraction of sp³-hybridized carbons (Fsp3) is 0.222. The van der Waals surface area contributed by atoms with Gasteiger partial charge in [-0.3, -0.25) is 9.59 Å². The van der Waals surface area contributed by atoms with Crippen LogP contribution in [0.25, 0.3) is 11.0 Å². The molecule has 1 aromatic carbocycles. The van der Waals surface area contributed by atoms with Crippen molar-refractivity contribution < 1.29 is 9.21 Å². The number of hydrogen-bond donors (Lipinski definition) is 0. The van der Waals surface area contributed by atoms with Crippen LogP contribution in [0.4, 0.5) is 0 Å². The van der Waals surface area contributed by atoms with Crippen molar-refractivity contribution in [3.8, 4) is 0 Å². The Kier molecular flexibility index (Phi) is 3.90. The van der Waals surface area contributed by atoms with Gasteiger partial charge in [0.2, 0.25) is 0 Å². The van der Waals surface area contributed by atoms with Crippen molar-refractivity contribution in [2.75, 3.05) is 6.54 Å². The number of fused-ring (bicyclic) bond motifs is 1. The minimum Gasteiger partial charge on any atom is -0.451 e. The second-order valence-electron chi connectivity index (χ2n) is 5.79. The van der Waals surface area contributed by atoms with Gasteiger partial charge in [-0.05, 0) is 42.5 Å². The van der Waals surface area contributed by atoms with Crippen molar-refractivity contribution in [2.24, 2.45) is 0 Å². The van der Waals surface area contributed by atoms with E-state index in [9.17, 15) is 9.59 Å². The van der Waals surface area contributed by atoms with E-state index in [4.69, 9.17) is 16.0 Å². The Labute approximate surface area is 147 Å². The molecule has 6 heteroatoms. The second kappa shape index (κ2) is 6.07. The van der Waals surface area contributed by atoms with E-state index in [2.05, 4.69) is 0 Å². The standard InChI is InChI=1S/C18H14ClNO3S/c19-11-5-6-15-12(9-11)14(21)10-16(23-15)18(22)20-7-1-3-13(20)17-4-2-8-24-17/h2,4-6,8-10,13H,1,3,7H2/t13-/m0/s1. The summed E-state index contributed by atoms with van der Waals surface area (Å²) in [4.78, 5) is 28.1. The minimum atomic E-state index is -0.256. The quantitative estimate of drug-likeness (QED) is 0.677. The number of amides is 1. The van der Waals surface area contributed by atoms with Crippen LogP contribution in [0.3, 0.4) is 0 Å². The van der Waals surface area contributed by atoms with Crippen LogP contribution in [0.15, 0.2) is 51.0 Å². The van der Waals surface area contributed by atoms with Gasteiger partial charge in [-0.1, -0.05) is 17.7 Å². The summed E-state index contributed by atoms with van der Waals surface area (Å²) in [5, 5.41) is 2.86. The number of carbonyl (C=O) groups excluding carboxylic acids is 1. The summed E-state index contributed by atoms with van der Waals surface area (Å²) >= 11 is 7.56. The van der Waals surface area contributed by atoms with Crippen LogP contribution >= 0.6 is 22.9 Å². The van der Waals surface area contributed by atoms with Crippen LogP contribution in [0.1, 0.15) is 34.3 Å². The third kappa shape index (κ3) is 2.64. The van der Waals surface area contributed by atoms with Gasteiger partial charge >= 0.3 is 0 Å². The van der Waals surface area contributed by atoms with Crippen LogP contribution < -0.4 is 5.43 Å². The van der Waals surface area contributed by atoms with E-state index in [0.717, 1.165) is 17.7 Å². The number of thiophene rings is 1. The molecule has 0 bridgehead atoms. The molecule has 0 saturated carbocycles. The van der Waals surface area contributed by atoms with Gasteiger partial charge in [0.05, 0.1) is 11.4 Å². The molecule has 1 aliphatic heterocycles. The van der Waals surface area contributed by atoms with E-state index in [1.807, 2.05) is 17.5 Å².